The minimum atomic E-state index is -3.57. The maximum absolute atomic E-state index is 13.0. The average molecular weight is 429 g/mol. The van der Waals surface area contributed by atoms with Gasteiger partial charge < -0.3 is 9.64 Å². The van der Waals surface area contributed by atoms with Gasteiger partial charge in [-0.25, -0.2) is 8.42 Å². The van der Waals surface area contributed by atoms with Crippen LogP contribution in [0.2, 0.25) is 0 Å². The Hall–Kier alpha value is -2.64. The SMILES string of the molecule is CCOc1ccccc1/C=C/C(=O)N1CCN(S(=O)(=O)c2cc(C)ccc2C)CC1. The fourth-order valence-corrected chi connectivity index (χ4v) is 5.18. The van der Waals surface area contributed by atoms with Crippen molar-refractivity contribution in [3.63, 3.8) is 0 Å². The number of sulfonamides is 1. The molecule has 1 amide bonds. The zero-order valence-electron chi connectivity index (χ0n) is 17.7. The maximum Gasteiger partial charge on any atom is 0.246 e. The third-order valence-electron chi connectivity index (χ3n) is 5.14. The summed E-state index contributed by atoms with van der Waals surface area (Å²) >= 11 is 0. The van der Waals surface area contributed by atoms with Crippen molar-refractivity contribution in [3.8, 4) is 5.75 Å². The monoisotopic (exact) mass is 428 g/mol. The van der Waals surface area contributed by atoms with Crippen LogP contribution in [0.3, 0.4) is 0 Å². The summed E-state index contributed by atoms with van der Waals surface area (Å²) in [4.78, 5) is 14.6. The van der Waals surface area contributed by atoms with Gasteiger partial charge in [-0.3, -0.25) is 4.79 Å². The van der Waals surface area contributed by atoms with Gasteiger partial charge >= 0.3 is 0 Å². The van der Waals surface area contributed by atoms with Crippen LogP contribution < -0.4 is 4.74 Å². The summed E-state index contributed by atoms with van der Waals surface area (Å²) in [7, 11) is -3.57. The number of amides is 1. The molecule has 1 saturated heterocycles. The molecule has 7 heteroatoms. The van der Waals surface area contributed by atoms with Gasteiger partial charge in [0.25, 0.3) is 0 Å². The van der Waals surface area contributed by atoms with E-state index in [1.165, 1.54) is 10.4 Å². The summed E-state index contributed by atoms with van der Waals surface area (Å²) in [5.74, 6) is 0.596. The van der Waals surface area contributed by atoms with Crippen molar-refractivity contribution in [1.29, 1.82) is 0 Å². The predicted octanol–water partition coefficient (Wildman–Crippen LogP) is 3.25. The van der Waals surface area contributed by atoms with E-state index >= 15 is 0 Å². The van der Waals surface area contributed by atoms with Gasteiger partial charge in [0.2, 0.25) is 15.9 Å². The first-order valence-corrected chi connectivity index (χ1v) is 11.5. The summed E-state index contributed by atoms with van der Waals surface area (Å²) < 4.78 is 33.1. The molecule has 0 unspecified atom stereocenters. The van der Waals surface area contributed by atoms with Crippen LogP contribution in [0, 0.1) is 13.8 Å². The minimum absolute atomic E-state index is 0.134. The molecule has 0 bridgehead atoms. The van der Waals surface area contributed by atoms with Crippen LogP contribution in [-0.2, 0) is 14.8 Å². The highest BCUT2D eigenvalue weighted by Gasteiger charge is 2.30. The Bertz CT molecular complexity index is 1040. The van der Waals surface area contributed by atoms with Crippen molar-refractivity contribution in [2.24, 2.45) is 0 Å². The molecular weight excluding hydrogens is 400 g/mol. The first kappa shape index (κ1) is 22.1. The number of piperazine rings is 1. The third-order valence-corrected chi connectivity index (χ3v) is 7.18. The van der Waals surface area contributed by atoms with E-state index in [-0.39, 0.29) is 19.0 Å². The fourth-order valence-electron chi connectivity index (χ4n) is 3.44. The van der Waals surface area contributed by atoms with Gasteiger partial charge in [0.15, 0.2) is 0 Å². The van der Waals surface area contributed by atoms with Crippen LogP contribution in [0.5, 0.6) is 5.75 Å². The molecule has 0 atom stereocenters. The highest BCUT2D eigenvalue weighted by atomic mass is 32.2. The van der Waals surface area contributed by atoms with Crippen molar-refractivity contribution in [3.05, 3.63) is 65.2 Å². The van der Waals surface area contributed by atoms with Crippen molar-refractivity contribution >= 4 is 22.0 Å². The van der Waals surface area contributed by atoms with Crippen LogP contribution in [0.25, 0.3) is 6.08 Å². The number of ether oxygens (including phenoxy) is 1. The number of rotatable bonds is 6. The number of carbonyl (C=O) groups is 1. The highest BCUT2D eigenvalue weighted by Crippen LogP contribution is 2.23. The summed E-state index contributed by atoms with van der Waals surface area (Å²) in [6.07, 6.45) is 3.26. The number of hydrogen-bond donors (Lipinski definition) is 0. The van der Waals surface area contributed by atoms with Gasteiger partial charge in [-0.05, 0) is 50.1 Å². The average Bonchev–Trinajstić information content (AvgIpc) is 2.75. The van der Waals surface area contributed by atoms with Crippen molar-refractivity contribution in [1.82, 2.24) is 9.21 Å². The number of benzene rings is 2. The normalized spacial score (nSPS) is 15.5. The van der Waals surface area contributed by atoms with Gasteiger partial charge in [-0.2, -0.15) is 4.31 Å². The molecule has 160 valence electrons. The molecule has 0 aliphatic carbocycles. The Morgan fingerprint density at radius 1 is 1.07 bits per heavy atom. The molecule has 0 spiro atoms. The third kappa shape index (κ3) is 4.91. The fraction of sp³-hybridized carbons (Fsp3) is 0.348. The lowest BCUT2D eigenvalue weighted by Gasteiger charge is -2.33. The molecule has 1 fully saturated rings. The molecule has 3 rings (SSSR count). The van der Waals surface area contributed by atoms with Gasteiger partial charge in [0.05, 0.1) is 11.5 Å². The molecule has 1 aliphatic heterocycles. The van der Waals surface area contributed by atoms with E-state index in [9.17, 15) is 13.2 Å². The summed E-state index contributed by atoms with van der Waals surface area (Å²) in [6, 6.07) is 13.0. The topological polar surface area (TPSA) is 66.9 Å². The largest absolute Gasteiger partial charge is 0.493 e. The van der Waals surface area contributed by atoms with E-state index < -0.39 is 10.0 Å². The molecule has 0 aromatic heterocycles. The zero-order valence-corrected chi connectivity index (χ0v) is 18.5. The second kappa shape index (κ2) is 9.45. The standard InChI is InChI=1S/C23H28N2O4S/c1-4-29-21-8-6-5-7-20(21)11-12-23(26)24-13-15-25(16-14-24)30(27,28)22-17-18(2)9-10-19(22)3/h5-12,17H,4,13-16H2,1-3H3/b12-11+. The Balaban J connectivity index is 1.65. The van der Waals surface area contributed by atoms with E-state index in [1.807, 2.05) is 50.2 Å². The number of nitrogens with zero attached hydrogens (tertiary/aromatic N) is 2. The Morgan fingerprint density at radius 3 is 2.47 bits per heavy atom. The highest BCUT2D eigenvalue weighted by molar-refractivity contribution is 7.89. The van der Waals surface area contributed by atoms with Crippen LogP contribution in [-0.4, -0.2) is 56.3 Å². The molecule has 0 N–H and O–H groups in total. The molecule has 1 heterocycles. The maximum atomic E-state index is 13.0. The lowest BCUT2D eigenvalue weighted by Crippen LogP contribution is -2.50. The van der Waals surface area contributed by atoms with Gasteiger partial charge in [0, 0.05) is 37.8 Å². The summed E-state index contributed by atoms with van der Waals surface area (Å²) in [5, 5.41) is 0. The lowest BCUT2D eigenvalue weighted by molar-refractivity contribution is -0.127. The first-order chi connectivity index (χ1) is 14.3. The Kier molecular flexibility index (Phi) is 6.95. The Morgan fingerprint density at radius 2 is 1.77 bits per heavy atom. The van der Waals surface area contributed by atoms with Crippen LogP contribution >= 0.6 is 0 Å². The van der Waals surface area contributed by atoms with Crippen molar-refractivity contribution < 1.29 is 17.9 Å². The van der Waals surface area contributed by atoms with E-state index in [2.05, 4.69) is 0 Å². The second-order valence-electron chi connectivity index (χ2n) is 7.30. The lowest BCUT2D eigenvalue weighted by atomic mass is 10.2. The van der Waals surface area contributed by atoms with E-state index in [4.69, 9.17) is 4.74 Å². The van der Waals surface area contributed by atoms with Crippen LogP contribution in [0.4, 0.5) is 0 Å². The van der Waals surface area contributed by atoms with Gasteiger partial charge in [0.1, 0.15) is 5.75 Å². The van der Waals surface area contributed by atoms with E-state index in [0.29, 0.717) is 24.6 Å². The van der Waals surface area contributed by atoms with Crippen LogP contribution in [0.15, 0.2) is 53.4 Å². The molecular formula is C23H28N2O4S. The number of hydrogen-bond acceptors (Lipinski definition) is 4. The molecule has 0 saturated carbocycles. The molecule has 0 radical (unpaired) electrons. The molecule has 2 aromatic rings. The summed E-state index contributed by atoms with van der Waals surface area (Å²) in [5.41, 5.74) is 2.48. The van der Waals surface area contributed by atoms with Crippen molar-refractivity contribution in [2.45, 2.75) is 25.7 Å². The predicted molar refractivity (Wildman–Crippen MR) is 118 cm³/mol. The molecule has 6 nitrogen and oxygen atoms in total. The number of aryl methyl sites for hydroxylation is 2. The number of carbonyl (C=O) groups excluding carboxylic acids is 1. The van der Waals surface area contributed by atoms with Crippen LogP contribution in [0.1, 0.15) is 23.6 Å². The quantitative estimate of drug-likeness (QED) is 0.663. The zero-order chi connectivity index (χ0) is 21.7. The molecule has 2 aromatic carbocycles. The smallest absolute Gasteiger partial charge is 0.246 e. The van der Waals surface area contributed by atoms with E-state index in [0.717, 1.165) is 22.4 Å². The minimum Gasteiger partial charge on any atom is -0.493 e. The first-order valence-electron chi connectivity index (χ1n) is 10.1. The Labute approximate surface area is 178 Å². The van der Waals surface area contributed by atoms with E-state index in [1.54, 1.807) is 24.0 Å². The van der Waals surface area contributed by atoms with Gasteiger partial charge in [-0.1, -0.05) is 30.3 Å². The molecule has 30 heavy (non-hydrogen) atoms. The molecule has 1 aliphatic rings. The number of para-hydroxylation sites is 1. The summed E-state index contributed by atoms with van der Waals surface area (Å²) in [6.45, 7) is 7.44. The van der Waals surface area contributed by atoms with Gasteiger partial charge in [-0.15, -0.1) is 0 Å². The van der Waals surface area contributed by atoms with Crippen molar-refractivity contribution in [2.75, 3.05) is 32.8 Å². The second-order valence-corrected chi connectivity index (χ2v) is 9.21.